The van der Waals surface area contributed by atoms with Crippen molar-refractivity contribution < 1.29 is 32.0 Å². The van der Waals surface area contributed by atoms with Gasteiger partial charge in [0.2, 0.25) is 0 Å². The molecule has 0 fully saturated rings. The smallest absolute Gasteiger partial charge is 0.387 e. The van der Waals surface area contributed by atoms with Gasteiger partial charge in [0.05, 0.1) is 12.5 Å². The molecule has 1 aromatic carbocycles. The van der Waals surface area contributed by atoms with E-state index in [0.29, 0.717) is 26.1 Å². The zero-order valence-corrected chi connectivity index (χ0v) is 15.8. The number of hydrogen-bond acceptors (Lipinski definition) is 4. The molecule has 0 aliphatic rings. The molecule has 0 bridgehead atoms. The molecule has 0 unspecified atom stereocenters. The lowest BCUT2D eigenvalue weighted by atomic mass is 10.1. The average Bonchev–Trinajstić information content (AvgIpc) is 3.37. The van der Waals surface area contributed by atoms with Crippen LogP contribution in [0.25, 0.3) is 0 Å². The van der Waals surface area contributed by atoms with E-state index in [1.54, 1.807) is 24.7 Å². The summed E-state index contributed by atoms with van der Waals surface area (Å²) in [6, 6.07) is 13.8. The van der Waals surface area contributed by atoms with Crippen LogP contribution in [0.3, 0.4) is 0 Å². The van der Waals surface area contributed by atoms with Crippen molar-refractivity contribution in [3.8, 4) is 5.75 Å². The van der Waals surface area contributed by atoms with Gasteiger partial charge in [0, 0.05) is 6.54 Å². The molecule has 1 amide bonds. The molecule has 2 heterocycles. The molecule has 0 saturated carbocycles. The van der Waals surface area contributed by atoms with Gasteiger partial charge < -0.3 is 23.8 Å². The fraction of sp³-hybridized carbons (Fsp3) is 0.286. The van der Waals surface area contributed by atoms with Gasteiger partial charge in [-0.05, 0) is 48.4 Å². The largest absolute Gasteiger partial charge is 0.463 e. The third-order valence-electron chi connectivity index (χ3n) is 4.30. The number of halogens is 2. The number of amides is 1. The van der Waals surface area contributed by atoms with Crippen molar-refractivity contribution in [2.45, 2.75) is 26.1 Å². The fourth-order valence-electron chi connectivity index (χ4n) is 2.98. The summed E-state index contributed by atoms with van der Waals surface area (Å²) in [6.07, 6.45) is 3.81. The predicted molar refractivity (Wildman–Crippen MR) is 100 cm³/mol. The van der Waals surface area contributed by atoms with E-state index >= 15 is 0 Å². The summed E-state index contributed by atoms with van der Waals surface area (Å²) in [7, 11) is 0. The van der Waals surface area contributed by atoms with Crippen LogP contribution in [0.5, 0.6) is 5.75 Å². The second-order valence-electron chi connectivity index (χ2n) is 6.56. The molecular formula is C21H23F2N2O4+. The summed E-state index contributed by atoms with van der Waals surface area (Å²) in [5.74, 6) is 1.62. The fourth-order valence-corrected chi connectivity index (χ4v) is 2.98. The maximum Gasteiger partial charge on any atom is 0.387 e. The Bertz CT molecular complexity index is 813. The summed E-state index contributed by atoms with van der Waals surface area (Å²) in [6.45, 7) is -1.00. The number of furan rings is 2. The van der Waals surface area contributed by atoms with Crippen molar-refractivity contribution in [3.05, 3.63) is 78.1 Å². The van der Waals surface area contributed by atoms with E-state index in [1.807, 2.05) is 24.3 Å². The Morgan fingerprint density at radius 2 is 1.62 bits per heavy atom. The minimum absolute atomic E-state index is 0.0873. The van der Waals surface area contributed by atoms with Crippen LogP contribution in [0.1, 0.15) is 17.1 Å². The van der Waals surface area contributed by atoms with E-state index in [1.165, 1.54) is 12.1 Å². The third kappa shape index (κ3) is 7.08. The second kappa shape index (κ2) is 10.4. The van der Waals surface area contributed by atoms with E-state index in [4.69, 9.17) is 8.83 Å². The van der Waals surface area contributed by atoms with E-state index < -0.39 is 6.61 Å². The lowest BCUT2D eigenvalue weighted by Crippen LogP contribution is -3.10. The summed E-state index contributed by atoms with van der Waals surface area (Å²) in [5.41, 5.74) is 0.919. The Labute approximate surface area is 167 Å². The molecule has 2 aromatic heterocycles. The molecule has 154 valence electrons. The molecule has 0 aliphatic heterocycles. The molecule has 0 spiro atoms. The van der Waals surface area contributed by atoms with Gasteiger partial charge in [-0.1, -0.05) is 12.1 Å². The number of nitrogens with one attached hydrogen (secondary N) is 2. The zero-order valence-electron chi connectivity index (χ0n) is 15.8. The highest BCUT2D eigenvalue weighted by Gasteiger charge is 2.18. The molecule has 2 N–H and O–H groups in total. The SMILES string of the molecule is O=C(C[NH+](Cc1ccco1)Cc1ccco1)NCCc1ccc(OC(F)F)cc1. The highest BCUT2D eigenvalue weighted by molar-refractivity contribution is 5.76. The molecule has 0 saturated heterocycles. The number of quaternary nitrogens is 1. The summed E-state index contributed by atoms with van der Waals surface area (Å²) >= 11 is 0. The third-order valence-corrected chi connectivity index (χ3v) is 4.30. The van der Waals surface area contributed by atoms with Crippen LogP contribution in [-0.4, -0.2) is 25.6 Å². The molecule has 0 atom stereocenters. The quantitative estimate of drug-likeness (QED) is 0.514. The Hall–Kier alpha value is -3.13. The minimum Gasteiger partial charge on any atom is -0.463 e. The minimum atomic E-state index is -2.84. The van der Waals surface area contributed by atoms with Gasteiger partial charge in [0.25, 0.3) is 5.91 Å². The summed E-state index contributed by atoms with van der Waals surface area (Å²) in [4.78, 5) is 13.4. The van der Waals surface area contributed by atoms with Crippen LogP contribution in [0.4, 0.5) is 8.78 Å². The van der Waals surface area contributed by atoms with Crippen LogP contribution in [0.15, 0.2) is 69.9 Å². The Kier molecular flexibility index (Phi) is 7.40. The van der Waals surface area contributed by atoms with Gasteiger partial charge in [-0.3, -0.25) is 4.79 Å². The number of alkyl halides is 2. The summed E-state index contributed by atoms with van der Waals surface area (Å²) < 4.78 is 39.5. The topological polar surface area (TPSA) is 69.1 Å². The zero-order chi connectivity index (χ0) is 20.5. The highest BCUT2D eigenvalue weighted by Crippen LogP contribution is 2.14. The van der Waals surface area contributed by atoms with Crippen LogP contribution in [0, 0.1) is 0 Å². The first-order chi connectivity index (χ1) is 14.1. The van der Waals surface area contributed by atoms with Crippen molar-refractivity contribution >= 4 is 5.91 Å². The van der Waals surface area contributed by atoms with E-state index in [0.717, 1.165) is 22.0 Å². The maximum absolute atomic E-state index is 12.4. The van der Waals surface area contributed by atoms with Gasteiger partial charge in [0.1, 0.15) is 18.8 Å². The molecule has 0 radical (unpaired) electrons. The van der Waals surface area contributed by atoms with Gasteiger partial charge in [-0.15, -0.1) is 0 Å². The molecule has 0 aliphatic carbocycles. The highest BCUT2D eigenvalue weighted by atomic mass is 19.3. The van der Waals surface area contributed by atoms with Crippen molar-refractivity contribution in [3.63, 3.8) is 0 Å². The number of benzene rings is 1. The molecular weight excluding hydrogens is 382 g/mol. The summed E-state index contributed by atoms with van der Waals surface area (Å²) in [5, 5.41) is 2.90. The average molecular weight is 405 g/mol. The first kappa shape index (κ1) is 20.6. The monoisotopic (exact) mass is 405 g/mol. The standard InChI is InChI=1S/C21H22F2N2O4/c22-21(23)29-17-7-5-16(6-8-17)9-10-24-20(26)15-25(13-18-3-1-11-27-18)14-19-4-2-12-28-19/h1-8,11-12,21H,9-10,13-15H2,(H,24,26)/p+1. The normalized spacial score (nSPS) is 11.2. The van der Waals surface area contributed by atoms with Crippen LogP contribution in [0.2, 0.25) is 0 Å². The van der Waals surface area contributed by atoms with Crippen molar-refractivity contribution in [1.82, 2.24) is 5.32 Å². The number of carbonyl (C=O) groups excluding carboxylic acids is 1. The van der Waals surface area contributed by atoms with Gasteiger partial charge in [0.15, 0.2) is 18.1 Å². The molecule has 8 heteroatoms. The van der Waals surface area contributed by atoms with Crippen molar-refractivity contribution in [2.24, 2.45) is 0 Å². The van der Waals surface area contributed by atoms with Gasteiger partial charge in [-0.25, -0.2) is 0 Å². The van der Waals surface area contributed by atoms with Crippen LogP contribution in [-0.2, 0) is 24.3 Å². The molecule has 3 aromatic rings. The predicted octanol–water partition coefficient (Wildman–Crippen LogP) is 2.42. The molecule has 6 nitrogen and oxygen atoms in total. The lowest BCUT2D eigenvalue weighted by molar-refractivity contribution is -0.921. The number of ether oxygens (including phenoxy) is 1. The maximum atomic E-state index is 12.4. The second-order valence-corrected chi connectivity index (χ2v) is 6.56. The lowest BCUT2D eigenvalue weighted by Gasteiger charge is -2.17. The Morgan fingerprint density at radius 1 is 1.00 bits per heavy atom. The number of hydrogen-bond donors (Lipinski definition) is 2. The van der Waals surface area contributed by atoms with Crippen LogP contribution < -0.4 is 15.0 Å². The number of carbonyl (C=O) groups is 1. The van der Waals surface area contributed by atoms with Gasteiger partial charge >= 0.3 is 6.61 Å². The van der Waals surface area contributed by atoms with E-state index in [-0.39, 0.29) is 18.2 Å². The molecule has 29 heavy (non-hydrogen) atoms. The van der Waals surface area contributed by atoms with Crippen molar-refractivity contribution in [2.75, 3.05) is 13.1 Å². The van der Waals surface area contributed by atoms with Gasteiger partial charge in [-0.2, -0.15) is 8.78 Å². The van der Waals surface area contributed by atoms with E-state index in [2.05, 4.69) is 10.1 Å². The first-order valence-electron chi connectivity index (χ1n) is 9.27. The molecule has 3 rings (SSSR count). The Balaban J connectivity index is 1.46. The van der Waals surface area contributed by atoms with Crippen LogP contribution >= 0.6 is 0 Å². The number of rotatable bonds is 11. The first-order valence-corrected chi connectivity index (χ1v) is 9.27. The van der Waals surface area contributed by atoms with E-state index in [9.17, 15) is 13.6 Å². The van der Waals surface area contributed by atoms with Crippen molar-refractivity contribution in [1.29, 1.82) is 0 Å². The Morgan fingerprint density at radius 3 is 2.14 bits per heavy atom.